The first kappa shape index (κ1) is 28.6. The molecule has 0 spiro atoms. The molecule has 12 heteroatoms. The Labute approximate surface area is 226 Å². The van der Waals surface area contributed by atoms with E-state index in [-0.39, 0.29) is 29.2 Å². The Bertz CT molecular complexity index is 1380. The van der Waals surface area contributed by atoms with Gasteiger partial charge in [0.1, 0.15) is 12.6 Å². The fraction of sp³-hybridized carbons (Fsp3) is 0.231. The molecule has 0 aliphatic carbocycles. The summed E-state index contributed by atoms with van der Waals surface area (Å²) >= 11 is 5.99. The van der Waals surface area contributed by atoms with Gasteiger partial charge >= 0.3 is 0 Å². The topological polar surface area (TPSA) is 130 Å². The molecule has 0 saturated heterocycles. The van der Waals surface area contributed by atoms with Crippen LogP contribution in [-0.2, 0) is 26.2 Å². The summed E-state index contributed by atoms with van der Waals surface area (Å²) in [6, 6.07) is 18.3. The minimum absolute atomic E-state index is 0.0292. The van der Waals surface area contributed by atoms with E-state index in [9.17, 15) is 28.1 Å². The van der Waals surface area contributed by atoms with Gasteiger partial charge in [0.2, 0.25) is 11.8 Å². The number of nitro groups is 1. The number of hydrogen-bond donors (Lipinski definition) is 1. The largest absolute Gasteiger partial charge is 0.357 e. The molecule has 0 aliphatic rings. The van der Waals surface area contributed by atoms with Gasteiger partial charge in [0, 0.05) is 30.7 Å². The van der Waals surface area contributed by atoms with E-state index in [0.29, 0.717) is 10.6 Å². The van der Waals surface area contributed by atoms with Crippen LogP contribution in [0.4, 0.5) is 11.4 Å². The average molecular weight is 559 g/mol. The highest BCUT2D eigenvalue weighted by molar-refractivity contribution is 7.92. The van der Waals surface area contributed by atoms with Crippen LogP contribution in [0.1, 0.15) is 18.9 Å². The third-order valence-electron chi connectivity index (χ3n) is 5.86. The van der Waals surface area contributed by atoms with Crippen molar-refractivity contribution < 1.29 is 22.9 Å². The van der Waals surface area contributed by atoms with Gasteiger partial charge in [-0.3, -0.25) is 24.0 Å². The Morgan fingerprint density at radius 2 is 1.61 bits per heavy atom. The molecule has 200 valence electrons. The van der Waals surface area contributed by atoms with Crippen molar-refractivity contribution in [2.24, 2.45) is 0 Å². The van der Waals surface area contributed by atoms with Crippen molar-refractivity contribution in [1.82, 2.24) is 10.2 Å². The number of sulfonamides is 1. The second-order valence-electron chi connectivity index (χ2n) is 8.28. The van der Waals surface area contributed by atoms with E-state index in [1.807, 2.05) is 0 Å². The van der Waals surface area contributed by atoms with Crippen molar-refractivity contribution in [2.75, 3.05) is 17.9 Å². The van der Waals surface area contributed by atoms with Crippen molar-refractivity contribution in [3.63, 3.8) is 0 Å². The molecule has 0 aromatic heterocycles. The Hall–Kier alpha value is -3.96. The molecule has 0 radical (unpaired) electrons. The molecule has 3 rings (SSSR count). The van der Waals surface area contributed by atoms with Crippen LogP contribution in [0.2, 0.25) is 5.02 Å². The van der Waals surface area contributed by atoms with Crippen LogP contribution >= 0.6 is 11.6 Å². The van der Waals surface area contributed by atoms with Gasteiger partial charge in [-0.25, -0.2) is 8.42 Å². The van der Waals surface area contributed by atoms with E-state index in [1.165, 1.54) is 36.2 Å². The van der Waals surface area contributed by atoms with Gasteiger partial charge in [-0.05, 0) is 48.4 Å². The number of carbonyl (C=O) groups is 2. The Morgan fingerprint density at radius 3 is 2.13 bits per heavy atom. The van der Waals surface area contributed by atoms with Gasteiger partial charge < -0.3 is 10.2 Å². The number of nitrogens with zero attached hydrogens (tertiary/aromatic N) is 3. The van der Waals surface area contributed by atoms with Crippen LogP contribution in [-0.4, -0.2) is 49.7 Å². The predicted octanol–water partition coefficient (Wildman–Crippen LogP) is 4.00. The Kier molecular flexibility index (Phi) is 9.43. The Balaban J connectivity index is 2.06. The lowest BCUT2D eigenvalue weighted by Gasteiger charge is -2.33. The van der Waals surface area contributed by atoms with E-state index in [1.54, 1.807) is 49.4 Å². The molecule has 0 bridgehead atoms. The highest BCUT2D eigenvalue weighted by Gasteiger charge is 2.33. The van der Waals surface area contributed by atoms with Gasteiger partial charge in [-0.1, -0.05) is 48.9 Å². The number of amides is 2. The maximum Gasteiger partial charge on any atom is 0.269 e. The van der Waals surface area contributed by atoms with Gasteiger partial charge in [0.05, 0.1) is 15.5 Å². The van der Waals surface area contributed by atoms with Crippen LogP contribution in [0.15, 0.2) is 83.8 Å². The smallest absolute Gasteiger partial charge is 0.269 e. The zero-order chi connectivity index (χ0) is 27.9. The molecule has 0 saturated carbocycles. The van der Waals surface area contributed by atoms with Crippen LogP contribution in [0.25, 0.3) is 0 Å². The highest BCUT2D eigenvalue weighted by Crippen LogP contribution is 2.27. The minimum atomic E-state index is -4.25. The zero-order valence-electron chi connectivity index (χ0n) is 20.8. The highest BCUT2D eigenvalue weighted by atomic mass is 35.5. The number of anilines is 1. The van der Waals surface area contributed by atoms with Crippen molar-refractivity contribution in [3.8, 4) is 0 Å². The second-order valence-corrected chi connectivity index (χ2v) is 10.6. The minimum Gasteiger partial charge on any atom is -0.357 e. The van der Waals surface area contributed by atoms with Gasteiger partial charge in [-0.2, -0.15) is 0 Å². The first-order chi connectivity index (χ1) is 18.1. The molecule has 2 amide bonds. The molecular weight excluding hydrogens is 532 g/mol. The van der Waals surface area contributed by atoms with Crippen LogP contribution < -0.4 is 9.62 Å². The molecule has 1 N–H and O–H groups in total. The van der Waals surface area contributed by atoms with Crippen LogP contribution in [0, 0.1) is 10.1 Å². The molecule has 0 heterocycles. The van der Waals surface area contributed by atoms with Gasteiger partial charge in [0.25, 0.3) is 15.7 Å². The third kappa shape index (κ3) is 6.67. The third-order valence-corrected chi connectivity index (χ3v) is 7.90. The lowest BCUT2D eigenvalue weighted by atomic mass is 10.1. The fourth-order valence-corrected chi connectivity index (χ4v) is 5.42. The standard InChI is InChI=1S/C26H27ClN4O6S/c1-3-24(26(33)28-2)29(17-19-9-11-20(27)12-10-19)25(32)18-30(21-13-15-22(16-14-21)31(34)35)38(36,37)23-7-5-4-6-8-23/h4-16,24H,3,17-18H2,1-2H3,(H,28,33)/t24-/m0/s1. The van der Waals surface area contributed by atoms with E-state index < -0.39 is 39.3 Å². The molecule has 3 aromatic carbocycles. The van der Waals surface area contributed by atoms with Crippen LogP contribution in [0.3, 0.4) is 0 Å². The monoisotopic (exact) mass is 558 g/mol. The van der Waals surface area contributed by atoms with Gasteiger partial charge in [0.15, 0.2) is 0 Å². The van der Waals surface area contributed by atoms with Crippen molar-refractivity contribution in [1.29, 1.82) is 0 Å². The molecule has 10 nitrogen and oxygen atoms in total. The van der Waals surface area contributed by atoms with Crippen molar-refractivity contribution in [3.05, 3.63) is 99.6 Å². The van der Waals surface area contributed by atoms with Crippen LogP contribution in [0.5, 0.6) is 0 Å². The summed E-state index contributed by atoms with van der Waals surface area (Å²) in [5.74, 6) is -1.03. The molecule has 3 aromatic rings. The molecule has 1 atom stereocenters. The summed E-state index contributed by atoms with van der Waals surface area (Å²) < 4.78 is 28.2. The number of carbonyl (C=O) groups excluding carboxylic acids is 2. The molecule has 38 heavy (non-hydrogen) atoms. The molecule has 0 unspecified atom stereocenters. The van der Waals surface area contributed by atoms with E-state index >= 15 is 0 Å². The molecular formula is C26H27ClN4O6S. The second kappa shape index (κ2) is 12.5. The summed E-state index contributed by atoms with van der Waals surface area (Å²) in [6.45, 7) is 1.13. The van der Waals surface area contributed by atoms with E-state index in [0.717, 1.165) is 16.4 Å². The number of non-ortho nitro benzene ring substituents is 1. The van der Waals surface area contributed by atoms with E-state index in [4.69, 9.17) is 11.6 Å². The zero-order valence-corrected chi connectivity index (χ0v) is 22.4. The lowest BCUT2D eigenvalue weighted by molar-refractivity contribution is -0.384. The average Bonchev–Trinajstić information content (AvgIpc) is 2.92. The fourth-order valence-electron chi connectivity index (χ4n) is 3.86. The Morgan fingerprint density at radius 1 is 1.00 bits per heavy atom. The molecule has 0 aliphatic heterocycles. The maximum atomic E-state index is 13.8. The van der Waals surface area contributed by atoms with Gasteiger partial charge in [-0.15, -0.1) is 0 Å². The maximum absolute atomic E-state index is 13.8. The number of nitrogens with one attached hydrogen (secondary N) is 1. The number of hydrogen-bond acceptors (Lipinski definition) is 6. The summed E-state index contributed by atoms with van der Waals surface area (Å²) in [5, 5.41) is 14.2. The lowest BCUT2D eigenvalue weighted by Crippen LogP contribution is -2.51. The number of likely N-dealkylation sites (N-methyl/N-ethyl adjacent to an activating group) is 1. The summed E-state index contributed by atoms with van der Waals surface area (Å²) in [7, 11) is -2.80. The van der Waals surface area contributed by atoms with Crippen molar-refractivity contribution >= 4 is 44.8 Å². The normalized spacial score (nSPS) is 11.9. The first-order valence-electron chi connectivity index (χ1n) is 11.7. The SMILES string of the molecule is CC[C@@H](C(=O)NC)N(Cc1ccc(Cl)cc1)C(=O)CN(c1ccc([N+](=O)[O-])cc1)S(=O)(=O)c1ccccc1. The summed E-state index contributed by atoms with van der Waals surface area (Å²) in [5.41, 5.74) is 0.525. The summed E-state index contributed by atoms with van der Waals surface area (Å²) in [6.07, 6.45) is 0.280. The number of rotatable bonds is 11. The summed E-state index contributed by atoms with van der Waals surface area (Å²) in [4.78, 5) is 38.2. The predicted molar refractivity (Wildman–Crippen MR) is 144 cm³/mol. The quantitative estimate of drug-likeness (QED) is 0.280. The number of halogens is 1. The number of nitro benzene ring substituents is 1. The first-order valence-corrected chi connectivity index (χ1v) is 13.5. The van der Waals surface area contributed by atoms with Crippen molar-refractivity contribution in [2.45, 2.75) is 30.8 Å². The number of benzene rings is 3. The molecule has 0 fully saturated rings. The van der Waals surface area contributed by atoms with E-state index in [2.05, 4.69) is 5.32 Å².